The van der Waals surface area contributed by atoms with Gasteiger partial charge in [-0.05, 0) is 6.92 Å². The molecule has 0 spiro atoms. The summed E-state index contributed by atoms with van der Waals surface area (Å²) >= 11 is 0. The zero-order valence-corrected chi connectivity index (χ0v) is 4.79. The number of nitrogens with zero attached hydrogens (tertiary/aromatic N) is 2. The Morgan fingerprint density at radius 3 is 2.50 bits per heavy atom. The molecule has 0 saturated carbocycles. The second-order valence-electron chi connectivity index (χ2n) is 1.66. The van der Waals surface area contributed by atoms with Gasteiger partial charge >= 0.3 is 0 Å². The smallest absolute Gasteiger partial charge is 0.0500 e. The van der Waals surface area contributed by atoms with Crippen LogP contribution in [0.25, 0.3) is 0 Å². The van der Waals surface area contributed by atoms with Gasteiger partial charge in [-0.1, -0.05) is 0 Å². The van der Waals surface area contributed by atoms with Crippen molar-refractivity contribution in [3.8, 4) is 0 Å². The second-order valence-corrected chi connectivity index (χ2v) is 1.66. The van der Waals surface area contributed by atoms with E-state index < -0.39 is 0 Å². The fourth-order valence-electron chi connectivity index (χ4n) is 0.515. The normalized spacial score (nSPS) is 19.6. The SMILES string of the molecule is CC1=CN(C)ON1[O-]. The molecule has 0 aliphatic carbocycles. The predicted molar refractivity (Wildman–Crippen MR) is 27.8 cm³/mol. The molecule has 0 unspecified atom stereocenters. The summed E-state index contributed by atoms with van der Waals surface area (Å²) in [6, 6.07) is 0. The predicted octanol–water partition coefficient (Wildman–Crippen LogP) is 0.440. The van der Waals surface area contributed by atoms with Gasteiger partial charge in [0.1, 0.15) is 0 Å². The van der Waals surface area contributed by atoms with Crippen molar-refractivity contribution in [3.63, 3.8) is 0 Å². The van der Waals surface area contributed by atoms with Gasteiger partial charge in [0, 0.05) is 18.9 Å². The summed E-state index contributed by atoms with van der Waals surface area (Å²) in [5.41, 5.74) is 0.563. The topological polar surface area (TPSA) is 38.8 Å². The highest BCUT2D eigenvalue weighted by atomic mass is 17.0. The van der Waals surface area contributed by atoms with E-state index >= 15 is 0 Å². The van der Waals surface area contributed by atoms with Gasteiger partial charge in [-0.2, -0.15) is 4.94 Å². The molecule has 1 rings (SSSR count). The third-order valence-electron chi connectivity index (χ3n) is 0.860. The Hall–Kier alpha value is -0.740. The maximum Gasteiger partial charge on any atom is 0.0500 e. The average Bonchev–Trinajstić information content (AvgIpc) is 1.85. The molecule has 1 aliphatic heterocycles. The molecule has 0 fully saturated rings. The molecule has 0 bridgehead atoms. The highest BCUT2D eigenvalue weighted by Crippen LogP contribution is 2.11. The molecule has 0 atom stereocenters. The van der Waals surface area contributed by atoms with Crippen LogP contribution in [0, 0.1) is 5.21 Å². The van der Waals surface area contributed by atoms with E-state index in [4.69, 9.17) is 0 Å². The Bertz CT molecular complexity index is 123. The maximum absolute atomic E-state index is 10.4. The van der Waals surface area contributed by atoms with Crippen LogP contribution in [0.5, 0.6) is 0 Å². The number of hydrogen-bond donors (Lipinski definition) is 0. The van der Waals surface area contributed by atoms with Crippen molar-refractivity contribution in [2.75, 3.05) is 7.05 Å². The Morgan fingerprint density at radius 2 is 2.38 bits per heavy atom. The second kappa shape index (κ2) is 1.65. The standard InChI is InChI=1S/C4H7N2O2/c1-4-3-5(2)8-6(4)7/h3H,1-2H3/q-1. The van der Waals surface area contributed by atoms with Crippen LogP contribution in [0.3, 0.4) is 0 Å². The minimum atomic E-state index is 0.458. The van der Waals surface area contributed by atoms with Crippen LogP contribution in [0.1, 0.15) is 6.92 Å². The first-order chi connectivity index (χ1) is 3.70. The lowest BCUT2D eigenvalue weighted by Gasteiger charge is -2.23. The zero-order valence-electron chi connectivity index (χ0n) is 4.79. The summed E-state index contributed by atoms with van der Waals surface area (Å²) in [6.45, 7) is 1.68. The van der Waals surface area contributed by atoms with Crippen LogP contribution in [0.2, 0.25) is 0 Å². The summed E-state index contributed by atoms with van der Waals surface area (Å²) in [7, 11) is 1.65. The number of rotatable bonds is 0. The molecular weight excluding hydrogens is 108 g/mol. The van der Waals surface area contributed by atoms with Crippen molar-refractivity contribution in [3.05, 3.63) is 17.1 Å². The maximum atomic E-state index is 10.4. The van der Waals surface area contributed by atoms with Crippen molar-refractivity contribution < 1.29 is 4.94 Å². The molecule has 0 saturated heterocycles. The Kier molecular flexibility index (Phi) is 1.11. The average molecular weight is 115 g/mol. The summed E-state index contributed by atoms with van der Waals surface area (Å²) in [4.78, 5) is 4.49. The Balaban J connectivity index is 2.59. The summed E-state index contributed by atoms with van der Waals surface area (Å²) in [5.74, 6) is 0. The van der Waals surface area contributed by atoms with Gasteiger partial charge in [-0.3, -0.25) is 5.23 Å². The van der Waals surface area contributed by atoms with E-state index in [1.165, 1.54) is 5.06 Å². The Labute approximate surface area is 47.4 Å². The molecule has 0 aromatic carbocycles. The minimum absolute atomic E-state index is 0.458. The molecule has 46 valence electrons. The van der Waals surface area contributed by atoms with Crippen molar-refractivity contribution >= 4 is 0 Å². The summed E-state index contributed by atoms with van der Waals surface area (Å²) in [6.07, 6.45) is 1.60. The quantitative estimate of drug-likeness (QED) is 0.459. The molecule has 0 radical (unpaired) electrons. The number of hydrogen-bond acceptors (Lipinski definition) is 4. The van der Waals surface area contributed by atoms with Crippen molar-refractivity contribution in [2.24, 2.45) is 0 Å². The molecule has 1 aliphatic rings. The van der Waals surface area contributed by atoms with Gasteiger partial charge in [-0.25, -0.2) is 5.06 Å². The molecule has 0 aromatic rings. The van der Waals surface area contributed by atoms with Crippen molar-refractivity contribution in [2.45, 2.75) is 6.92 Å². The van der Waals surface area contributed by atoms with Gasteiger partial charge in [0.15, 0.2) is 0 Å². The highest BCUT2D eigenvalue weighted by molar-refractivity contribution is 4.95. The van der Waals surface area contributed by atoms with Crippen LogP contribution in [0.4, 0.5) is 0 Å². The minimum Gasteiger partial charge on any atom is -0.732 e. The number of allylic oxidation sites excluding steroid dienone is 1. The van der Waals surface area contributed by atoms with E-state index in [-0.39, 0.29) is 0 Å². The van der Waals surface area contributed by atoms with Gasteiger partial charge < -0.3 is 5.21 Å². The highest BCUT2D eigenvalue weighted by Gasteiger charge is 2.05. The molecule has 4 heteroatoms. The molecule has 4 nitrogen and oxygen atoms in total. The van der Waals surface area contributed by atoms with Crippen LogP contribution in [-0.4, -0.2) is 17.3 Å². The van der Waals surface area contributed by atoms with Crippen molar-refractivity contribution in [1.29, 1.82) is 0 Å². The number of hydroxylamine groups is 4. The van der Waals surface area contributed by atoms with Crippen LogP contribution in [0.15, 0.2) is 11.9 Å². The first-order valence-electron chi connectivity index (χ1n) is 2.27. The lowest BCUT2D eigenvalue weighted by Crippen LogP contribution is -2.14. The molecule has 8 heavy (non-hydrogen) atoms. The van der Waals surface area contributed by atoms with Crippen LogP contribution in [-0.2, 0) is 4.94 Å². The third-order valence-corrected chi connectivity index (χ3v) is 0.860. The molecular formula is C4H7N2O2-. The van der Waals surface area contributed by atoms with Gasteiger partial charge in [0.2, 0.25) is 0 Å². The van der Waals surface area contributed by atoms with Gasteiger partial charge in [0.25, 0.3) is 0 Å². The van der Waals surface area contributed by atoms with Crippen molar-refractivity contribution in [1.82, 2.24) is 10.3 Å². The lowest BCUT2D eigenvalue weighted by molar-refractivity contribution is -0.226. The summed E-state index contributed by atoms with van der Waals surface area (Å²) in [5, 5.41) is 12.2. The van der Waals surface area contributed by atoms with E-state index in [0.29, 0.717) is 10.9 Å². The van der Waals surface area contributed by atoms with Gasteiger partial charge in [-0.15, -0.1) is 0 Å². The molecule has 1 heterocycles. The van der Waals surface area contributed by atoms with E-state index in [1.807, 2.05) is 0 Å². The lowest BCUT2D eigenvalue weighted by atomic mass is 10.6. The Morgan fingerprint density at radius 1 is 1.75 bits per heavy atom. The van der Waals surface area contributed by atoms with E-state index in [9.17, 15) is 5.21 Å². The van der Waals surface area contributed by atoms with E-state index in [0.717, 1.165) is 0 Å². The summed E-state index contributed by atoms with van der Waals surface area (Å²) < 4.78 is 0. The van der Waals surface area contributed by atoms with Crippen LogP contribution < -0.4 is 0 Å². The first-order valence-corrected chi connectivity index (χ1v) is 2.27. The van der Waals surface area contributed by atoms with Gasteiger partial charge in [0.05, 0.1) is 0 Å². The molecule has 0 amide bonds. The largest absolute Gasteiger partial charge is 0.732 e. The van der Waals surface area contributed by atoms with E-state index in [1.54, 1.807) is 20.2 Å². The zero-order chi connectivity index (χ0) is 6.15. The fraction of sp³-hybridized carbons (Fsp3) is 0.500. The third kappa shape index (κ3) is 0.753. The monoisotopic (exact) mass is 115 g/mol. The fourth-order valence-corrected chi connectivity index (χ4v) is 0.515. The van der Waals surface area contributed by atoms with Crippen LogP contribution >= 0.6 is 0 Å². The first kappa shape index (κ1) is 5.40. The van der Waals surface area contributed by atoms with E-state index in [2.05, 4.69) is 4.94 Å². The molecule has 0 N–H and O–H groups in total. The molecule has 0 aromatic heterocycles.